The minimum absolute atomic E-state index is 0.0171. The van der Waals surface area contributed by atoms with Gasteiger partial charge in [-0.25, -0.2) is 9.97 Å². The van der Waals surface area contributed by atoms with E-state index in [1.54, 1.807) is 11.3 Å². The van der Waals surface area contributed by atoms with Crippen LogP contribution in [-0.4, -0.2) is 33.8 Å². The molecule has 3 N–H and O–H groups in total. The average molecular weight is 471 g/mol. The summed E-state index contributed by atoms with van der Waals surface area (Å²) in [6.07, 6.45) is 2.88. The van der Waals surface area contributed by atoms with E-state index in [-0.39, 0.29) is 23.8 Å². The van der Waals surface area contributed by atoms with Gasteiger partial charge in [0.15, 0.2) is 5.16 Å². The molecule has 1 aromatic carbocycles. The van der Waals surface area contributed by atoms with Gasteiger partial charge in [0, 0.05) is 17.3 Å². The molecular weight excluding hydrogens is 440 g/mol. The number of rotatable bonds is 8. The Morgan fingerprint density at radius 2 is 2.06 bits per heavy atom. The molecule has 0 radical (unpaired) electrons. The van der Waals surface area contributed by atoms with E-state index in [0.717, 1.165) is 29.5 Å². The molecule has 0 fully saturated rings. The molecule has 0 unspecified atom stereocenters. The van der Waals surface area contributed by atoms with Gasteiger partial charge in [0.25, 0.3) is 0 Å². The van der Waals surface area contributed by atoms with Crippen molar-refractivity contribution in [3.8, 4) is 0 Å². The highest BCUT2D eigenvalue weighted by Gasteiger charge is 2.27. The molecule has 1 aliphatic heterocycles. The molecule has 6 nitrogen and oxygen atoms in total. The molecule has 0 saturated carbocycles. The lowest BCUT2D eigenvalue weighted by Crippen LogP contribution is -2.34. The molecule has 3 aromatic rings. The fourth-order valence-electron chi connectivity index (χ4n) is 3.93. The van der Waals surface area contributed by atoms with Crippen molar-refractivity contribution < 1.29 is 9.53 Å². The normalized spacial score (nSPS) is 16.8. The smallest absolute Gasteiger partial charge is 0.230 e. The number of nitrogens with two attached hydrogens (primary N) is 1. The van der Waals surface area contributed by atoms with Crippen LogP contribution >= 0.6 is 23.1 Å². The highest BCUT2D eigenvalue weighted by atomic mass is 32.2. The second kappa shape index (κ2) is 10.2. The van der Waals surface area contributed by atoms with E-state index in [4.69, 9.17) is 15.5 Å². The Morgan fingerprint density at radius 1 is 1.28 bits per heavy atom. The number of nitrogens with zero attached hydrogens (tertiary/aromatic N) is 2. The second-order valence-electron chi connectivity index (χ2n) is 8.65. The molecule has 0 aliphatic carbocycles. The third-order valence-electron chi connectivity index (χ3n) is 5.77. The van der Waals surface area contributed by atoms with Crippen LogP contribution < -0.4 is 11.1 Å². The minimum atomic E-state index is -0.0171. The monoisotopic (exact) mass is 470 g/mol. The van der Waals surface area contributed by atoms with Crippen LogP contribution in [0.5, 0.6) is 0 Å². The van der Waals surface area contributed by atoms with E-state index in [1.807, 2.05) is 25.1 Å². The van der Waals surface area contributed by atoms with Crippen LogP contribution in [0, 0.1) is 5.92 Å². The third-order valence-corrected chi connectivity index (χ3v) is 7.71. The summed E-state index contributed by atoms with van der Waals surface area (Å²) in [5.41, 5.74) is 8.84. The molecule has 32 heavy (non-hydrogen) atoms. The maximum absolute atomic E-state index is 12.4. The molecule has 170 valence electrons. The van der Waals surface area contributed by atoms with Crippen molar-refractivity contribution in [1.29, 1.82) is 0 Å². The predicted molar refractivity (Wildman–Crippen MR) is 132 cm³/mol. The van der Waals surface area contributed by atoms with Crippen molar-refractivity contribution in [2.45, 2.75) is 63.9 Å². The summed E-state index contributed by atoms with van der Waals surface area (Å²) >= 11 is 2.95. The fraction of sp³-hybridized carbons (Fsp3) is 0.458. The standard InChI is InChI=1S/C24H30N4O2S2/c1-14(2)18-11-17-19(12-30-18)32-23-21(17)22(25)27-24(28-23)31-13-20(29)26-15(3)9-10-16-7-5-4-6-8-16/h4-8,14-15,18H,9-13H2,1-3H3,(H,26,29)(H2,25,27,28)/t15-,18+/m0/s1. The Balaban J connectivity index is 1.35. The molecular formula is C24H30N4O2S2. The number of thioether (sulfide) groups is 1. The first kappa shape index (κ1) is 23.0. The lowest BCUT2D eigenvalue weighted by Gasteiger charge is -2.26. The maximum Gasteiger partial charge on any atom is 0.230 e. The van der Waals surface area contributed by atoms with Crippen LogP contribution in [0.3, 0.4) is 0 Å². The Kier molecular flexibility index (Phi) is 7.33. The van der Waals surface area contributed by atoms with E-state index in [0.29, 0.717) is 23.5 Å². The fourth-order valence-corrected chi connectivity index (χ4v) is 5.78. The number of hydrogen-bond acceptors (Lipinski definition) is 7. The number of fused-ring (bicyclic) bond motifs is 3. The largest absolute Gasteiger partial charge is 0.383 e. The van der Waals surface area contributed by atoms with Crippen molar-refractivity contribution in [3.05, 3.63) is 46.3 Å². The molecule has 3 heterocycles. The number of thiophene rings is 1. The molecule has 1 amide bonds. The number of amides is 1. The highest BCUT2D eigenvalue weighted by molar-refractivity contribution is 7.99. The first-order valence-electron chi connectivity index (χ1n) is 11.1. The summed E-state index contributed by atoms with van der Waals surface area (Å²) in [5, 5.41) is 4.57. The number of nitrogen functional groups attached to an aromatic ring is 1. The quantitative estimate of drug-likeness (QED) is 0.369. The van der Waals surface area contributed by atoms with Crippen molar-refractivity contribution in [2.24, 2.45) is 5.92 Å². The van der Waals surface area contributed by atoms with Crippen molar-refractivity contribution in [3.63, 3.8) is 0 Å². The van der Waals surface area contributed by atoms with Gasteiger partial charge in [0.1, 0.15) is 10.6 Å². The van der Waals surface area contributed by atoms with Crippen molar-refractivity contribution in [1.82, 2.24) is 15.3 Å². The number of anilines is 1. The molecule has 2 atom stereocenters. The SMILES string of the molecule is CC(C)[C@H]1Cc2c(sc3nc(SCC(=O)N[C@@H](C)CCc4ccccc4)nc(N)c23)CO1. The number of nitrogens with one attached hydrogen (secondary N) is 1. The number of ether oxygens (including phenoxy) is 1. The first-order valence-corrected chi connectivity index (χ1v) is 12.9. The Labute approximate surface area is 197 Å². The summed E-state index contributed by atoms with van der Waals surface area (Å²) in [6, 6.07) is 10.4. The number of aromatic nitrogens is 2. The van der Waals surface area contributed by atoms with Crippen LogP contribution in [0.4, 0.5) is 5.82 Å². The van der Waals surface area contributed by atoms with Crippen LogP contribution in [0.1, 0.15) is 43.2 Å². The number of carbonyl (C=O) groups is 1. The van der Waals surface area contributed by atoms with Crippen molar-refractivity contribution >= 4 is 45.0 Å². The Bertz CT molecular complexity index is 1080. The minimum Gasteiger partial charge on any atom is -0.383 e. The van der Waals surface area contributed by atoms with E-state index in [1.165, 1.54) is 27.8 Å². The lowest BCUT2D eigenvalue weighted by atomic mass is 9.96. The second-order valence-corrected chi connectivity index (χ2v) is 10.7. The van der Waals surface area contributed by atoms with Gasteiger partial charge in [-0.3, -0.25) is 4.79 Å². The van der Waals surface area contributed by atoms with Crippen LogP contribution in [-0.2, 0) is 29.0 Å². The third kappa shape index (κ3) is 5.42. The predicted octanol–water partition coefficient (Wildman–Crippen LogP) is 4.60. The highest BCUT2D eigenvalue weighted by Crippen LogP contribution is 2.39. The zero-order valence-electron chi connectivity index (χ0n) is 18.8. The molecule has 0 saturated heterocycles. The van der Waals surface area contributed by atoms with Gasteiger partial charge in [0.2, 0.25) is 5.91 Å². The molecule has 0 spiro atoms. The van der Waals surface area contributed by atoms with E-state index in [2.05, 4.69) is 36.3 Å². The van der Waals surface area contributed by atoms with Gasteiger partial charge in [-0.15, -0.1) is 11.3 Å². The zero-order valence-corrected chi connectivity index (χ0v) is 20.4. The van der Waals surface area contributed by atoms with Crippen molar-refractivity contribution in [2.75, 3.05) is 11.5 Å². The topological polar surface area (TPSA) is 90.1 Å². The molecule has 8 heteroatoms. The molecule has 0 bridgehead atoms. The Morgan fingerprint density at radius 3 is 2.81 bits per heavy atom. The zero-order chi connectivity index (χ0) is 22.7. The number of hydrogen-bond donors (Lipinski definition) is 2. The van der Waals surface area contributed by atoms with E-state index < -0.39 is 0 Å². The molecule has 4 rings (SSSR count). The van der Waals surface area contributed by atoms with Gasteiger partial charge in [-0.1, -0.05) is 55.9 Å². The first-order chi connectivity index (χ1) is 15.4. The summed E-state index contributed by atoms with van der Waals surface area (Å²) in [5.74, 6) is 1.20. The lowest BCUT2D eigenvalue weighted by molar-refractivity contribution is -0.119. The van der Waals surface area contributed by atoms with Crippen LogP contribution in [0.2, 0.25) is 0 Å². The maximum atomic E-state index is 12.4. The van der Waals surface area contributed by atoms with Gasteiger partial charge in [-0.05, 0) is 36.8 Å². The number of carbonyl (C=O) groups excluding carboxylic acids is 1. The van der Waals surface area contributed by atoms with Gasteiger partial charge < -0.3 is 15.8 Å². The molecule has 2 aromatic heterocycles. The summed E-state index contributed by atoms with van der Waals surface area (Å²) < 4.78 is 5.99. The van der Waals surface area contributed by atoms with Gasteiger partial charge >= 0.3 is 0 Å². The average Bonchev–Trinajstić information content (AvgIpc) is 3.15. The van der Waals surface area contributed by atoms with Crippen LogP contribution in [0.15, 0.2) is 35.5 Å². The summed E-state index contributed by atoms with van der Waals surface area (Å²) in [7, 11) is 0. The molecule has 1 aliphatic rings. The van der Waals surface area contributed by atoms with Gasteiger partial charge in [-0.2, -0.15) is 0 Å². The van der Waals surface area contributed by atoms with E-state index in [9.17, 15) is 4.79 Å². The van der Waals surface area contributed by atoms with E-state index >= 15 is 0 Å². The summed E-state index contributed by atoms with van der Waals surface area (Å²) in [6.45, 7) is 6.98. The number of aryl methyl sites for hydroxylation is 1. The van der Waals surface area contributed by atoms with Crippen LogP contribution in [0.25, 0.3) is 10.2 Å². The Hall–Kier alpha value is -2.16. The van der Waals surface area contributed by atoms with Gasteiger partial charge in [0.05, 0.1) is 23.8 Å². The summed E-state index contributed by atoms with van der Waals surface area (Å²) in [4.78, 5) is 23.7. The number of benzene rings is 1.